The summed E-state index contributed by atoms with van der Waals surface area (Å²) in [5.74, 6) is 1.73. The Hall–Kier alpha value is -2.61. The predicted octanol–water partition coefficient (Wildman–Crippen LogP) is 2.60. The Balaban J connectivity index is 1.84. The van der Waals surface area contributed by atoms with E-state index >= 15 is 0 Å². The monoisotopic (exact) mass is 357 g/mol. The van der Waals surface area contributed by atoms with Crippen molar-refractivity contribution in [1.29, 1.82) is 0 Å². The van der Waals surface area contributed by atoms with E-state index in [1.54, 1.807) is 18.7 Å². The van der Waals surface area contributed by atoms with Crippen LogP contribution in [-0.2, 0) is 11.3 Å². The molecule has 25 heavy (non-hydrogen) atoms. The van der Waals surface area contributed by atoms with Crippen LogP contribution in [0.3, 0.4) is 0 Å². The topological polar surface area (TPSA) is 85.8 Å². The summed E-state index contributed by atoms with van der Waals surface area (Å²) >= 11 is 1.35. The predicted molar refractivity (Wildman–Crippen MR) is 95.1 cm³/mol. The second-order valence-corrected chi connectivity index (χ2v) is 6.67. The van der Waals surface area contributed by atoms with E-state index in [0.29, 0.717) is 17.5 Å². The number of nitrogens with zero attached hydrogens (tertiary/aromatic N) is 4. The van der Waals surface area contributed by atoms with Gasteiger partial charge in [0.1, 0.15) is 5.76 Å². The minimum Gasteiger partial charge on any atom is -0.467 e. The SMILES string of the molecule is CC(C)NC(=O)CSc1nnc(-c2cccnc2)n1Cc1ccco1. The van der Waals surface area contributed by atoms with E-state index in [-0.39, 0.29) is 17.7 Å². The Labute approximate surface area is 149 Å². The van der Waals surface area contributed by atoms with Crippen LogP contribution in [0.5, 0.6) is 0 Å². The highest BCUT2D eigenvalue weighted by molar-refractivity contribution is 7.99. The molecule has 1 N–H and O–H groups in total. The molecule has 0 fully saturated rings. The zero-order valence-corrected chi connectivity index (χ0v) is 14.9. The van der Waals surface area contributed by atoms with E-state index in [1.807, 2.05) is 42.7 Å². The van der Waals surface area contributed by atoms with Crippen molar-refractivity contribution in [3.8, 4) is 11.4 Å². The summed E-state index contributed by atoms with van der Waals surface area (Å²) in [4.78, 5) is 16.1. The van der Waals surface area contributed by atoms with Gasteiger partial charge in [-0.1, -0.05) is 11.8 Å². The van der Waals surface area contributed by atoms with Crippen molar-refractivity contribution in [3.05, 3.63) is 48.7 Å². The van der Waals surface area contributed by atoms with Gasteiger partial charge >= 0.3 is 0 Å². The summed E-state index contributed by atoms with van der Waals surface area (Å²) in [7, 11) is 0. The minimum absolute atomic E-state index is 0.0320. The fourth-order valence-corrected chi connectivity index (χ4v) is 3.05. The zero-order valence-electron chi connectivity index (χ0n) is 14.0. The smallest absolute Gasteiger partial charge is 0.230 e. The van der Waals surface area contributed by atoms with Crippen LogP contribution in [0.15, 0.2) is 52.5 Å². The van der Waals surface area contributed by atoms with Gasteiger partial charge in [0.15, 0.2) is 11.0 Å². The highest BCUT2D eigenvalue weighted by Crippen LogP contribution is 2.24. The molecule has 7 nitrogen and oxygen atoms in total. The summed E-state index contributed by atoms with van der Waals surface area (Å²) < 4.78 is 7.38. The van der Waals surface area contributed by atoms with Gasteiger partial charge in [0, 0.05) is 24.0 Å². The summed E-state index contributed by atoms with van der Waals surface area (Å²) in [6, 6.07) is 7.62. The van der Waals surface area contributed by atoms with E-state index in [0.717, 1.165) is 11.3 Å². The van der Waals surface area contributed by atoms with Crippen molar-refractivity contribution in [1.82, 2.24) is 25.1 Å². The van der Waals surface area contributed by atoms with E-state index in [1.165, 1.54) is 11.8 Å². The molecule has 0 spiro atoms. The Bertz CT molecular complexity index is 815. The number of rotatable bonds is 7. The molecule has 0 bridgehead atoms. The third-order valence-corrected chi connectivity index (χ3v) is 4.28. The average Bonchev–Trinajstić information content (AvgIpc) is 3.24. The molecule has 3 aromatic rings. The molecule has 0 aliphatic heterocycles. The van der Waals surface area contributed by atoms with Gasteiger partial charge in [-0.25, -0.2) is 0 Å². The maximum atomic E-state index is 11.9. The molecule has 3 rings (SSSR count). The molecule has 0 aromatic carbocycles. The molecule has 8 heteroatoms. The first-order valence-electron chi connectivity index (χ1n) is 7.91. The molecule has 1 amide bonds. The maximum absolute atomic E-state index is 11.9. The molecule has 3 aromatic heterocycles. The third-order valence-electron chi connectivity index (χ3n) is 3.31. The van der Waals surface area contributed by atoms with E-state index in [2.05, 4.69) is 20.5 Å². The summed E-state index contributed by atoms with van der Waals surface area (Å²) in [5.41, 5.74) is 0.861. The standard InChI is InChI=1S/C17H19N5O2S/c1-12(2)19-15(23)11-25-17-21-20-16(13-5-3-7-18-9-13)22(17)10-14-6-4-8-24-14/h3-9,12H,10-11H2,1-2H3,(H,19,23). The lowest BCUT2D eigenvalue weighted by Crippen LogP contribution is -2.31. The lowest BCUT2D eigenvalue weighted by molar-refractivity contribution is -0.119. The molecule has 0 atom stereocenters. The zero-order chi connectivity index (χ0) is 17.6. The van der Waals surface area contributed by atoms with Crippen molar-refractivity contribution in [3.63, 3.8) is 0 Å². The number of hydrogen-bond donors (Lipinski definition) is 1. The molecule has 0 unspecified atom stereocenters. The first-order chi connectivity index (χ1) is 12.1. The van der Waals surface area contributed by atoms with Gasteiger partial charge in [0.2, 0.25) is 5.91 Å². The largest absolute Gasteiger partial charge is 0.467 e. The first-order valence-corrected chi connectivity index (χ1v) is 8.90. The summed E-state index contributed by atoms with van der Waals surface area (Å²) in [6.07, 6.45) is 5.08. The van der Waals surface area contributed by atoms with Crippen LogP contribution in [0, 0.1) is 0 Å². The van der Waals surface area contributed by atoms with Gasteiger partial charge in [-0.05, 0) is 38.1 Å². The van der Waals surface area contributed by atoms with Crippen molar-refractivity contribution in [2.45, 2.75) is 31.6 Å². The Morgan fingerprint density at radius 2 is 2.20 bits per heavy atom. The number of thioether (sulfide) groups is 1. The van der Waals surface area contributed by atoms with Gasteiger partial charge in [-0.2, -0.15) is 0 Å². The first kappa shape index (κ1) is 17.2. The van der Waals surface area contributed by atoms with Crippen LogP contribution in [0.4, 0.5) is 0 Å². The highest BCUT2D eigenvalue weighted by Gasteiger charge is 2.17. The molecular weight excluding hydrogens is 338 g/mol. The number of carbonyl (C=O) groups excluding carboxylic acids is 1. The Kier molecular flexibility index (Phi) is 5.49. The second kappa shape index (κ2) is 7.98. The van der Waals surface area contributed by atoms with Gasteiger partial charge in [0.05, 0.1) is 18.6 Å². The van der Waals surface area contributed by atoms with Crippen LogP contribution < -0.4 is 5.32 Å². The molecular formula is C17H19N5O2S. The fourth-order valence-electron chi connectivity index (χ4n) is 2.30. The number of nitrogens with one attached hydrogen (secondary N) is 1. The number of aromatic nitrogens is 4. The number of hydrogen-bond acceptors (Lipinski definition) is 6. The normalized spacial score (nSPS) is 11.0. The van der Waals surface area contributed by atoms with Crippen LogP contribution in [-0.4, -0.2) is 37.5 Å². The number of pyridine rings is 1. The Morgan fingerprint density at radius 1 is 1.32 bits per heavy atom. The number of furan rings is 1. The van der Waals surface area contributed by atoms with Crippen LogP contribution in [0.1, 0.15) is 19.6 Å². The van der Waals surface area contributed by atoms with Crippen molar-refractivity contribution >= 4 is 17.7 Å². The van der Waals surface area contributed by atoms with Gasteiger partial charge in [-0.3, -0.25) is 14.3 Å². The van der Waals surface area contributed by atoms with Crippen LogP contribution in [0.2, 0.25) is 0 Å². The molecule has 3 heterocycles. The average molecular weight is 357 g/mol. The summed E-state index contributed by atoms with van der Waals surface area (Å²) in [5, 5.41) is 12.1. The molecule has 0 saturated carbocycles. The lowest BCUT2D eigenvalue weighted by Gasteiger charge is -2.10. The van der Waals surface area contributed by atoms with Gasteiger partial charge in [-0.15, -0.1) is 10.2 Å². The van der Waals surface area contributed by atoms with Crippen LogP contribution in [0.25, 0.3) is 11.4 Å². The molecule has 0 aliphatic rings. The number of carbonyl (C=O) groups is 1. The molecule has 0 aliphatic carbocycles. The number of amides is 1. The van der Waals surface area contributed by atoms with E-state index < -0.39 is 0 Å². The van der Waals surface area contributed by atoms with Gasteiger partial charge < -0.3 is 9.73 Å². The van der Waals surface area contributed by atoms with Crippen LogP contribution >= 0.6 is 11.8 Å². The lowest BCUT2D eigenvalue weighted by atomic mass is 10.2. The fraction of sp³-hybridized carbons (Fsp3) is 0.294. The molecule has 0 saturated heterocycles. The molecule has 0 radical (unpaired) electrons. The highest BCUT2D eigenvalue weighted by atomic mass is 32.2. The van der Waals surface area contributed by atoms with Gasteiger partial charge in [0.25, 0.3) is 0 Å². The summed E-state index contributed by atoms with van der Waals surface area (Å²) in [6.45, 7) is 4.35. The quantitative estimate of drug-likeness (QED) is 0.654. The maximum Gasteiger partial charge on any atom is 0.230 e. The van der Waals surface area contributed by atoms with Crippen molar-refractivity contribution < 1.29 is 9.21 Å². The van der Waals surface area contributed by atoms with E-state index in [4.69, 9.17) is 4.42 Å². The Morgan fingerprint density at radius 3 is 2.88 bits per heavy atom. The molecule has 130 valence electrons. The third kappa shape index (κ3) is 4.48. The van der Waals surface area contributed by atoms with E-state index in [9.17, 15) is 4.79 Å². The van der Waals surface area contributed by atoms with Crippen molar-refractivity contribution in [2.24, 2.45) is 0 Å². The minimum atomic E-state index is -0.0320. The van der Waals surface area contributed by atoms with Crippen molar-refractivity contribution in [2.75, 3.05) is 5.75 Å². The second-order valence-electron chi connectivity index (χ2n) is 5.72.